The largest absolute Gasteiger partial charge is 0.366 e. The number of carbonyl (C=O) groups excluding carboxylic acids is 3. The standard InChI is InChI=1S/C17H9FN2O6S/c18-14-6-5-10(27(24,25)8-7-19)9-13(14)17(23)26-20-15(21)11-3-1-2-4-12(11)16(20)22/h1-6,9H,8H2. The number of hydrogen-bond donors (Lipinski definition) is 0. The van der Waals surface area contributed by atoms with Crippen LogP contribution in [0.4, 0.5) is 4.39 Å². The van der Waals surface area contributed by atoms with Crippen molar-refractivity contribution in [2.45, 2.75) is 4.90 Å². The van der Waals surface area contributed by atoms with E-state index >= 15 is 0 Å². The molecule has 0 radical (unpaired) electrons. The van der Waals surface area contributed by atoms with Crippen molar-refractivity contribution < 1.29 is 32.0 Å². The van der Waals surface area contributed by atoms with Crippen molar-refractivity contribution in [3.8, 4) is 6.07 Å². The fraction of sp³-hybridized carbons (Fsp3) is 0.0588. The Balaban J connectivity index is 1.91. The van der Waals surface area contributed by atoms with E-state index in [1.807, 2.05) is 0 Å². The van der Waals surface area contributed by atoms with Crippen LogP contribution in [0.15, 0.2) is 47.4 Å². The van der Waals surface area contributed by atoms with E-state index in [-0.39, 0.29) is 16.2 Å². The van der Waals surface area contributed by atoms with Crippen LogP contribution in [0, 0.1) is 17.1 Å². The summed E-state index contributed by atoms with van der Waals surface area (Å²) < 4.78 is 37.8. The van der Waals surface area contributed by atoms with Gasteiger partial charge in [0.25, 0.3) is 11.8 Å². The first-order chi connectivity index (χ1) is 12.8. The Kier molecular flexibility index (Phi) is 4.47. The molecule has 0 aliphatic carbocycles. The predicted octanol–water partition coefficient (Wildman–Crippen LogP) is 1.49. The van der Waals surface area contributed by atoms with Gasteiger partial charge in [0.2, 0.25) is 0 Å². The third-order valence-electron chi connectivity index (χ3n) is 3.70. The van der Waals surface area contributed by atoms with E-state index in [4.69, 9.17) is 10.1 Å². The predicted molar refractivity (Wildman–Crippen MR) is 86.4 cm³/mol. The molecule has 0 saturated heterocycles. The lowest BCUT2D eigenvalue weighted by Crippen LogP contribution is -2.33. The molecule has 0 aromatic heterocycles. The zero-order valence-electron chi connectivity index (χ0n) is 13.4. The third kappa shape index (κ3) is 3.16. The highest BCUT2D eigenvalue weighted by Crippen LogP contribution is 2.24. The van der Waals surface area contributed by atoms with Crippen molar-refractivity contribution in [1.29, 1.82) is 5.26 Å². The van der Waals surface area contributed by atoms with Gasteiger partial charge >= 0.3 is 5.97 Å². The minimum atomic E-state index is -4.06. The van der Waals surface area contributed by atoms with E-state index in [0.717, 1.165) is 6.07 Å². The Morgan fingerprint density at radius 1 is 1.11 bits per heavy atom. The van der Waals surface area contributed by atoms with Crippen molar-refractivity contribution in [2.75, 3.05) is 5.75 Å². The van der Waals surface area contributed by atoms with Gasteiger partial charge in [0.15, 0.2) is 9.84 Å². The molecule has 0 atom stereocenters. The van der Waals surface area contributed by atoms with Crippen LogP contribution in [-0.4, -0.2) is 37.0 Å². The van der Waals surface area contributed by atoms with Crippen LogP contribution >= 0.6 is 0 Å². The Morgan fingerprint density at radius 3 is 2.26 bits per heavy atom. The fourth-order valence-electron chi connectivity index (χ4n) is 2.40. The van der Waals surface area contributed by atoms with Gasteiger partial charge in [0.1, 0.15) is 11.6 Å². The zero-order chi connectivity index (χ0) is 19.8. The summed E-state index contributed by atoms with van der Waals surface area (Å²) in [7, 11) is -4.06. The molecular weight excluding hydrogens is 379 g/mol. The number of hydrogen-bond acceptors (Lipinski definition) is 7. The van der Waals surface area contributed by atoms with Crippen molar-refractivity contribution in [2.24, 2.45) is 0 Å². The molecule has 2 aromatic carbocycles. The maximum Gasteiger partial charge on any atom is 0.366 e. The molecule has 8 nitrogen and oxygen atoms in total. The molecule has 0 saturated carbocycles. The molecule has 0 N–H and O–H groups in total. The Morgan fingerprint density at radius 2 is 1.70 bits per heavy atom. The van der Waals surface area contributed by atoms with E-state index in [1.165, 1.54) is 30.3 Å². The average Bonchev–Trinajstić information content (AvgIpc) is 2.87. The van der Waals surface area contributed by atoms with Crippen molar-refractivity contribution in [3.05, 3.63) is 65.0 Å². The maximum atomic E-state index is 14.0. The number of halogens is 1. The highest BCUT2D eigenvalue weighted by atomic mass is 32.2. The third-order valence-corrected chi connectivity index (χ3v) is 5.18. The summed E-state index contributed by atoms with van der Waals surface area (Å²) in [5.74, 6) is -5.23. The van der Waals surface area contributed by atoms with Crippen LogP contribution in [0.3, 0.4) is 0 Å². The number of imide groups is 1. The number of rotatable bonds is 4. The van der Waals surface area contributed by atoms with Gasteiger partial charge in [-0.25, -0.2) is 17.6 Å². The highest BCUT2D eigenvalue weighted by Gasteiger charge is 2.39. The summed E-state index contributed by atoms with van der Waals surface area (Å²) >= 11 is 0. The molecule has 1 aliphatic heterocycles. The van der Waals surface area contributed by atoms with Crippen LogP contribution < -0.4 is 0 Å². The number of nitriles is 1. The molecule has 2 aromatic rings. The minimum Gasteiger partial charge on any atom is -0.324 e. The van der Waals surface area contributed by atoms with Gasteiger partial charge in [-0.2, -0.15) is 5.26 Å². The quantitative estimate of drug-likeness (QED) is 0.574. The second-order valence-corrected chi connectivity index (χ2v) is 7.38. The van der Waals surface area contributed by atoms with E-state index in [1.54, 1.807) is 0 Å². The second kappa shape index (κ2) is 6.62. The molecule has 0 spiro atoms. The van der Waals surface area contributed by atoms with E-state index < -0.39 is 49.6 Å². The van der Waals surface area contributed by atoms with Gasteiger partial charge in [-0.3, -0.25) is 9.59 Å². The molecule has 3 rings (SSSR count). The van der Waals surface area contributed by atoms with Gasteiger partial charge in [0.05, 0.1) is 27.7 Å². The Labute approximate surface area is 152 Å². The molecule has 0 fully saturated rings. The van der Waals surface area contributed by atoms with Gasteiger partial charge < -0.3 is 4.84 Å². The summed E-state index contributed by atoms with van der Waals surface area (Å²) in [6.07, 6.45) is 0. The van der Waals surface area contributed by atoms with E-state index in [0.29, 0.717) is 12.1 Å². The fourth-order valence-corrected chi connectivity index (χ4v) is 3.31. The number of hydroxylamine groups is 2. The second-order valence-electron chi connectivity index (χ2n) is 5.39. The molecule has 27 heavy (non-hydrogen) atoms. The summed E-state index contributed by atoms with van der Waals surface area (Å²) in [6, 6.07) is 9.48. The smallest absolute Gasteiger partial charge is 0.324 e. The number of sulfone groups is 1. The van der Waals surface area contributed by atoms with Gasteiger partial charge in [-0.1, -0.05) is 17.2 Å². The number of benzene rings is 2. The molecule has 1 aliphatic rings. The normalized spacial score (nSPS) is 13.3. The van der Waals surface area contributed by atoms with Crippen molar-refractivity contribution in [1.82, 2.24) is 5.06 Å². The summed E-state index contributed by atoms with van der Waals surface area (Å²) in [5.41, 5.74) is -0.771. The lowest BCUT2D eigenvalue weighted by molar-refractivity contribution is -0.0587. The molecule has 1 heterocycles. The Hall–Kier alpha value is -3.58. The number of amides is 2. The number of nitrogens with zero attached hydrogens (tertiary/aromatic N) is 2. The molecule has 10 heteroatoms. The molecule has 0 bridgehead atoms. The van der Waals surface area contributed by atoms with Gasteiger partial charge in [0, 0.05) is 0 Å². The summed E-state index contributed by atoms with van der Waals surface area (Å²) in [6.45, 7) is 0. The van der Waals surface area contributed by atoms with Crippen LogP contribution in [0.25, 0.3) is 0 Å². The molecule has 0 unspecified atom stereocenters. The van der Waals surface area contributed by atoms with Crippen molar-refractivity contribution >= 4 is 27.6 Å². The first kappa shape index (κ1) is 18.2. The SMILES string of the molecule is N#CCS(=O)(=O)c1ccc(F)c(C(=O)ON2C(=O)c3ccccc3C2=O)c1. The van der Waals surface area contributed by atoms with Crippen LogP contribution in [0.5, 0.6) is 0 Å². The highest BCUT2D eigenvalue weighted by molar-refractivity contribution is 7.91. The molecule has 136 valence electrons. The molecule has 2 amide bonds. The monoisotopic (exact) mass is 388 g/mol. The zero-order valence-corrected chi connectivity index (χ0v) is 14.2. The van der Waals surface area contributed by atoms with Crippen LogP contribution in [-0.2, 0) is 14.7 Å². The maximum absolute atomic E-state index is 14.0. The van der Waals surface area contributed by atoms with Crippen molar-refractivity contribution in [3.63, 3.8) is 0 Å². The van der Waals surface area contributed by atoms with E-state index in [2.05, 4.69) is 0 Å². The lowest BCUT2D eigenvalue weighted by atomic mass is 10.1. The topological polar surface area (TPSA) is 122 Å². The minimum absolute atomic E-state index is 0.0149. The molecular formula is C17H9FN2O6S. The average molecular weight is 388 g/mol. The van der Waals surface area contributed by atoms with Crippen LogP contribution in [0.2, 0.25) is 0 Å². The first-order valence-electron chi connectivity index (χ1n) is 7.35. The van der Waals surface area contributed by atoms with Gasteiger partial charge in [-0.15, -0.1) is 0 Å². The first-order valence-corrected chi connectivity index (χ1v) is 9.01. The Bertz CT molecular complexity index is 1100. The van der Waals surface area contributed by atoms with E-state index in [9.17, 15) is 27.2 Å². The summed E-state index contributed by atoms with van der Waals surface area (Å²) in [4.78, 5) is 40.8. The lowest BCUT2D eigenvalue weighted by Gasteiger charge is -2.13. The van der Waals surface area contributed by atoms with Gasteiger partial charge in [-0.05, 0) is 30.3 Å². The number of fused-ring (bicyclic) bond motifs is 1. The number of carbonyl (C=O) groups is 3. The van der Waals surface area contributed by atoms with Crippen LogP contribution in [0.1, 0.15) is 31.1 Å². The summed E-state index contributed by atoms with van der Waals surface area (Å²) in [5, 5.41) is 8.74.